The van der Waals surface area contributed by atoms with Gasteiger partial charge in [-0.1, -0.05) is 40.2 Å². The molecule has 0 aromatic heterocycles. The van der Waals surface area contributed by atoms with Crippen molar-refractivity contribution < 1.29 is 25.8 Å². The summed E-state index contributed by atoms with van der Waals surface area (Å²) in [5.41, 5.74) is -4.20. The maximum Gasteiger partial charge on any atom is 0.534 e. The summed E-state index contributed by atoms with van der Waals surface area (Å²) in [5.74, 6) is -0.396. The van der Waals surface area contributed by atoms with Crippen LogP contribution in [0.3, 0.4) is 0 Å². The predicted molar refractivity (Wildman–Crippen MR) is 75.2 cm³/mol. The SMILES string of the molecule is O=S(=O)(Oc1cccc(-c2ccc(Br)cc2)c1)C(F)(F)F. The molecule has 0 saturated heterocycles. The molecule has 0 N–H and O–H groups in total. The topological polar surface area (TPSA) is 43.4 Å². The molecule has 0 amide bonds. The van der Waals surface area contributed by atoms with Crippen LogP contribution in [0.1, 0.15) is 0 Å². The Morgan fingerprint density at radius 1 is 0.952 bits per heavy atom. The molecule has 0 heterocycles. The third-order valence-corrected chi connectivity index (χ3v) is 4.01. The van der Waals surface area contributed by atoms with Crippen LogP contribution in [0.2, 0.25) is 0 Å². The van der Waals surface area contributed by atoms with Gasteiger partial charge in [-0.2, -0.15) is 21.6 Å². The third-order valence-electron chi connectivity index (χ3n) is 2.50. The van der Waals surface area contributed by atoms with E-state index in [2.05, 4.69) is 20.1 Å². The molecule has 0 bridgehead atoms. The van der Waals surface area contributed by atoms with Crippen molar-refractivity contribution in [2.24, 2.45) is 0 Å². The normalized spacial score (nSPS) is 12.2. The molecule has 0 radical (unpaired) electrons. The molecule has 2 aromatic rings. The van der Waals surface area contributed by atoms with Crippen LogP contribution < -0.4 is 4.18 Å². The molecule has 0 atom stereocenters. The first kappa shape index (κ1) is 15.8. The number of benzene rings is 2. The fourth-order valence-corrected chi connectivity index (χ4v) is 2.26. The molecule has 0 unspecified atom stereocenters. The maximum atomic E-state index is 12.3. The fraction of sp³-hybridized carbons (Fsp3) is 0.0769. The molecule has 0 aliphatic carbocycles. The van der Waals surface area contributed by atoms with Crippen molar-refractivity contribution in [1.29, 1.82) is 0 Å². The van der Waals surface area contributed by atoms with Crippen LogP contribution in [0, 0.1) is 0 Å². The van der Waals surface area contributed by atoms with Crippen molar-refractivity contribution in [1.82, 2.24) is 0 Å². The van der Waals surface area contributed by atoms with Gasteiger partial charge in [-0.15, -0.1) is 0 Å². The summed E-state index contributed by atoms with van der Waals surface area (Å²) < 4.78 is 63.7. The highest BCUT2D eigenvalue weighted by Crippen LogP contribution is 2.30. The summed E-state index contributed by atoms with van der Waals surface area (Å²) >= 11 is 3.27. The Hall–Kier alpha value is -1.54. The quantitative estimate of drug-likeness (QED) is 0.587. The van der Waals surface area contributed by atoms with E-state index in [-0.39, 0.29) is 0 Å². The number of halogens is 4. The summed E-state index contributed by atoms with van der Waals surface area (Å²) in [7, 11) is -5.66. The van der Waals surface area contributed by atoms with Gasteiger partial charge in [0, 0.05) is 4.47 Å². The Labute approximate surface area is 127 Å². The lowest BCUT2D eigenvalue weighted by Gasteiger charge is -2.10. The second kappa shape index (κ2) is 5.69. The van der Waals surface area contributed by atoms with E-state index in [4.69, 9.17) is 0 Å². The standard InChI is InChI=1S/C13H8BrF3O3S/c14-11-6-4-9(5-7-11)10-2-1-3-12(8-10)20-21(18,19)13(15,16)17/h1-8H. The van der Waals surface area contributed by atoms with Crippen LogP contribution in [0.5, 0.6) is 5.75 Å². The summed E-state index contributed by atoms with van der Waals surface area (Å²) in [5, 5.41) is 0. The maximum absolute atomic E-state index is 12.3. The molecule has 3 nitrogen and oxygen atoms in total. The summed E-state index contributed by atoms with van der Waals surface area (Å²) in [4.78, 5) is 0. The van der Waals surface area contributed by atoms with Gasteiger partial charge in [0.15, 0.2) is 0 Å². The average molecular weight is 381 g/mol. The number of hydrogen-bond donors (Lipinski definition) is 0. The minimum absolute atomic E-state index is 0.396. The molecule has 2 aromatic carbocycles. The molecule has 0 aliphatic heterocycles. The molecular weight excluding hydrogens is 373 g/mol. The van der Waals surface area contributed by atoms with E-state index in [1.807, 2.05) is 0 Å². The lowest BCUT2D eigenvalue weighted by Crippen LogP contribution is -2.28. The third kappa shape index (κ3) is 3.76. The number of alkyl halides is 3. The highest BCUT2D eigenvalue weighted by Gasteiger charge is 2.48. The lowest BCUT2D eigenvalue weighted by atomic mass is 10.1. The zero-order valence-corrected chi connectivity index (χ0v) is 12.7. The van der Waals surface area contributed by atoms with Gasteiger partial charge in [-0.3, -0.25) is 0 Å². The Bertz CT molecular complexity index is 740. The van der Waals surface area contributed by atoms with E-state index in [1.165, 1.54) is 12.1 Å². The van der Waals surface area contributed by atoms with Crippen molar-refractivity contribution in [2.45, 2.75) is 5.51 Å². The Morgan fingerprint density at radius 2 is 1.57 bits per heavy atom. The molecular formula is C13H8BrF3O3S. The summed E-state index contributed by atoms with van der Waals surface area (Å²) in [6, 6.07) is 12.4. The molecule has 0 fully saturated rings. The second-order valence-electron chi connectivity index (χ2n) is 4.02. The molecule has 0 aliphatic rings. The van der Waals surface area contributed by atoms with Gasteiger partial charge < -0.3 is 4.18 Å². The monoisotopic (exact) mass is 380 g/mol. The fourth-order valence-electron chi connectivity index (χ4n) is 1.54. The van der Waals surface area contributed by atoms with Crippen molar-refractivity contribution in [3.05, 3.63) is 53.0 Å². The number of hydrogen-bond acceptors (Lipinski definition) is 3. The largest absolute Gasteiger partial charge is 0.534 e. The first-order valence-electron chi connectivity index (χ1n) is 5.56. The van der Waals surface area contributed by atoms with Gasteiger partial charge in [-0.25, -0.2) is 0 Å². The zero-order valence-electron chi connectivity index (χ0n) is 10.3. The lowest BCUT2D eigenvalue weighted by molar-refractivity contribution is -0.0500. The van der Waals surface area contributed by atoms with Crippen molar-refractivity contribution >= 4 is 26.0 Å². The van der Waals surface area contributed by atoms with Crippen molar-refractivity contribution in [3.63, 3.8) is 0 Å². The molecule has 0 saturated carbocycles. The van der Waals surface area contributed by atoms with Gasteiger partial charge in [0.1, 0.15) is 5.75 Å². The zero-order chi connectivity index (χ0) is 15.7. The first-order valence-corrected chi connectivity index (χ1v) is 7.76. The second-order valence-corrected chi connectivity index (χ2v) is 6.47. The van der Waals surface area contributed by atoms with Crippen LogP contribution in [-0.4, -0.2) is 13.9 Å². The smallest absolute Gasteiger partial charge is 0.376 e. The molecule has 21 heavy (non-hydrogen) atoms. The van der Waals surface area contributed by atoms with Crippen LogP contribution in [0.25, 0.3) is 11.1 Å². The first-order chi connectivity index (χ1) is 9.69. The van der Waals surface area contributed by atoms with Crippen LogP contribution in [0.4, 0.5) is 13.2 Å². The Morgan fingerprint density at radius 3 is 2.14 bits per heavy atom. The number of rotatable bonds is 3. The summed E-state index contributed by atoms with van der Waals surface area (Å²) in [6.07, 6.45) is 0. The van der Waals surface area contributed by atoms with E-state index in [0.717, 1.165) is 10.5 Å². The van der Waals surface area contributed by atoms with Crippen LogP contribution in [-0.2, 0) is 10.1 Å². The highest BCUT2D eigenvalue weighted by atomic mass is 79.9. The average Bonchev–Trinajstić information content (AvgIpc) is 2.38. The Balaban J connectivity index is 2.33. The van der Waals surface area contributed by atoms with Crippen molar-refractivity contribution in [3.8, 4) is 16.9 Å². The van der Waals surface area contributed by atoms with Gasteiger partial charge in [0.25, 0.3) is 0 Å². The van der Waals surface area contributed by atoms with E-state index in [9.17, 15) is 21.6 Å². The minimum Gasteiger partial charge on any atom is -0.376 e. The van der Waals surface area contributed by atoms with Gasteiger partial charge >= 0.3 is 15.6 Å². The van der Waals surface area contributed by atoms with E-state index in [0.29, 0.717) is 11.1 Å². The Kier molecular flexibility index (Phi) is 4.29. The molecule has 8 heteroatoms. The van der Waals surface area contributed by atoms with Crippen LogP contribution in [0.15, 0.2) is 53.0 Å². The van der Waals surface area contributed by atoms with E-state index >= 15 is 0 Å². The highest BCUT2D eigenvalue weighted by molar-refractivity contribution is 9.10. The molecule has 0 spiro atoms. The van der Waals surface area contributed by atoms with E-state index in [1.54, 1.807) is 30.3 Å². The summed E-state index contributed by atoms with van der Waals surface area (Å²) in [6.45, 7) is 0. The van der Waals surface area contributed by atoms with Gasteiger partial charge in [0.05, 0.1) is 0 Å². The van der Waals surface area contributed by atoms with Crippen molar-refractivity contribution in [2.75, 3.05) is 0 Å². The molecule has 2 rings (SSSR count). The molecule has 112 valence electrons. The van der Waals surface area contributed by atoms with E-state index < -0.39 is 21.4 Å². The minimum atomic E-state index is -5.66. The van der Waals surface area contributed by atoms with Gasteiger partial charge in [-0.05, 0) is 35.4 Å². The van der Waals surface area contributed by atoms with Gasteiger partial charge in [0.2, 0.25) is 0 Å². The predicted octanol–water partition coefficient (Wildman–Crippen LogP) is 4.34. The van der Waals surface area contributed by atoms with Crippen LogP contribution >= 0.6 is 15.9 Å².